The Kier molecular flexibility index (Phi) is 4.87. The van der Waals surface area contributed by atoms with E-state index in [9.17, 15) is 4.79 Å². The molecule has 0 bridgehead atoms. The number of carbonyl (C=O) groups is 1. The van der Waals surface area contributed by atoms with Crippen molar-refractivity contribution in [2.75, 3.05) is 26.2 Å². The van der Waals surface area contributed by atoms with Gasteiger partial charge in [-0.05, 0) is 24.7 Å². The topological polar surface area (TPSA) is 44.4 Å². The highest BCUT2D eigenvalue weighted by Crippen LogP contribution is 2.29. The molecule has 0 aromatic rings. The molecule has 18 heavy (non-hydrogen) atoms. The van der Waals surface area contributed by atoms with E-state index in [1.807, 2.05) is 4.90 Å². The SMILES string of the molecule is CC(C)C1CCCCC1NCCN1CCNC1=O. The van der Waals surface area contributed by atoms with Crippen molar-refractivity contribution in [3.05, 3.63) is 0 Å². The molecule has 2 unspecified atom stereocenters. The van der Waals surface area contributed by atoms with E-state index in [0.29, 0.717) is 6.04 Å². The van der Waals surface area contributed by atoms with E-state index in [-0.39, 0.29) is 6.03 Å². The molecule has 2 N–H and O–H groups in total. The molecular formula is C14H27N3O. The minimum absolute atomic E-state index is 0.0980. The van der Waals surface area contributed by atoms with Gasteiger partial charge in [-0.3, -0.25) is 0 Å². The molecule has 2 amide bonds. The zero-order valence-corrected chi connectivity index (χ0v) is 11.7. The molecule has 0 aromatic carbocycles. The summed E-state index contributed by atoms with van der Waals surface area (Å²) in [6.07, 6.45) is 5.40. The van der Waals surface area contributed by atoms with Gasteiger partial charge < -0.3 is 15.5 Å². The van der Waals surface area contributed by atoms with E-state index < -0.39 is 0 Å². The Balaban J connectivity index is 1.72. The molecule has 4 heteroatoms. The zero-order valence-electron chi connectivity index (χ0n) is 11.7. The van der Waals surface area contributed by atoms with Gasteiger partial charge in [0.1, 0.15) is 0 Å². The fourth-order valence-electron chi connectivity index (χ4n) is 3.32. The number of hydrogen-bond acceptors (Lipinski definition) is 2. The van der Waals surface area contributed by atoms with Crippen LogP contribution in [0.3, 0.4) is 0 Å². The minimum atomic E-state index is 0.0980. The quantitative estimate of drug-likeness (QED) is 0.785. The number of nitrogens with zero attached hydrogens (tertiary/aromatic N) is 1. The van der Waals surface area contributed by atoms with Crippen molar-refractivity contribution in [2.24, 2.45) is 11.8 Å². The van der Waals surface area contributed by atoms with Gasteiger partial charge in [0.25, 0.3) is 0 Å². The normalized spacial score (nSPS) is 28.8. The number of nitrogens with one attached hydrogen (secondary N) is 2. The average molecular weight is 253 g/mol. The summed E-state index contributed by atoms with van der Waals surface area (Å²) in [4.78, 5) is 13.3. The molecular weight excluding hydrogens is 226 g/mol. The van der Waals surface area contributed by atoms with Crippen molar-refractivity contribution < 1.29 is 4.79 Å². The summed E-state index contributed by atoms with van der Waals surface area (Å²) in [5, 5.41) is 6.52. The molecule has 2 fully saturated rings. The van der Waals surface area contributed by atoms with Crippen LogP contribution in [-0.4, -0.2) is 43.2 Å². The molecule has 4 nitrogen and oxygen atoms in total. The number of carbonyl (C=O) groups excluding carboxylic acids is 1. The predicted molar refractivity (Wildman–Crippen MR) is 73.6 cm³/mol. The van der Waals surface area contributed by atoms with Crippen molar-refractivity contribution in [1.82, 2.24) is 15.5 Å². The minimum Gasteiger partial charge on any atom is -0.336 e. The number of amides is 2. The third kappa shape index (κ3) is 3.37. The highest BCUT2D eigenvalue weighted by molar-refractivity contribution is 5.76. The maximum atomic E-state index is 11.4. The van der Waals surface area contributed by atoms with Crippen molar-refractivity contribution in [2.45, 2.75) is 45.6 Å². The standard InChI is InChI=1S/C14H27N3O/c1-11(2)12-5-3-4-6-13(12)15-7-9-17-10-8-16-14(17)18/h11-13,15H,3-10H2,1-2H3,(H,16,18). The lowest BCUT2D eigenvalue weighted by Gasteiger charge is -2.35. The van der Waals surface area contributed by atoms with E-state index in [2.05, 4.69) is 24.5 Å². The molecule has 0 aromatic heterocycles. The van der Waals surface area contributed by atoms with Gasteiger partial charge in [-0.1, -0.05) is 26.7 Å². The lowest BCUT2D eigenvalue weighted by atomic mass is 9.78. The fraction of sp³-hybridized carbons (Fsp3) is 0.929. The first kappa shape index (κ1) is 13.7. The molecule has 1 aliphatic carbocycles. The molecule has 1 heterocycles. The second kappa shape index (κ2) is 6.41. The Labute approximate surface area is 110 Å². The van der Waals surface area contributed by atoms with Gasteiger partial charge in [0.15, 0.2) is 0 Å². The fourth-order valence-corrected chi connectivity index (χ4v) is 3.32. The monoisotopic (exact) mass is 253 g/mol. The van der Waals surface area contributed by atoms with Gasteiger partial charge in [0.05, 0.1) is 0 Å². The number of rotatable bonds is 5. The molecule has 2 rings (SSSR count). The van der Waals surface area contributed by atoms with Crippen LogP contribution in [0.1, 0.15) is 39.5 Å². The van der Waals surface area contributed by atoms with Crippen molar-refractivity contribution >= 4 is 6.03 Å². The van der Waals surface area contributed by atoms with E-state index >= 15 is 0 Å². The molecule has 1 saturated carbocycles. The molecule has 1 aliphatic heterocycles. The Morgan fingerprint density at radius 2 is 2.17 bits per heavy atom. The van der Waals surface area contributed by atoms with Crippen molar-refractivity contribution in [3.8, 4) is 0 Å². The summed E-state index contributed by atoms with van der Waals surface area (Å²) in [6, 6.07) is 0.755. The van der Waals surface area contributed by atoms with Gasteiger partial charge in [-0.2, -0.15) is 0 Å². The Bertz CT molecular complexity index is 280. The molecule has 104 valence electrons. The van der Waals surface area contributed by atoms with Crippen LogP contribution in [0.2, 0.25) is 0 Å². The third-order valence-electron chi connectivity index (χ3n) is 4.41. The van der Waals surface area contributed by atoms with Crippen LogP contribution in [0.5, 0.6) is 0 Å². The first-order chi connectivity index (χ1) is 8.68. The first-order valence-electron chi connectivity index (χ1n) is 7.44. The van der Waals surface area contributed by atoms with Crippen LogP contribution in [0.15, 0.2) is 0 Å². The summed E-state index contributed by atoms with van der Waals surface area (Å²) in [7, 11) is 0. The van der Waals surface area contributed by atoms with Crippen LogP contribution >= 0.6 is 0 Å². The first-order valence-corrected chi connectivity index (χ1v) is 7.44. The third-order valence-corrected chi connectivity index (χ3v) is 4.41. The van der Waals surface area contributed by atoms with Crippen molar-refractivity contribution in [3.63, 3.8) is 0 Å². The molecule has 0 spiro atoms. The predicted octanol–water partition coefficient (Wildman–Crippen LogP) is 1.82. The highest BCUT2D eigenvalue weighted by atomic mass is 16.2. The Morgan fingerprint density at radius 1 is 1.39 bits per heavy atom. The zero-order chi connectivity index (χ0) is 13.0. The van der Waals surface area contributed by atoms with E-state index in [1.165, 1.54) is 25.7 Å². The lowest BCUT2D eigenvalue weighted by Crippen LogP contribution is -2.44. The molecule has 2 aliphatic rings. The van der Waals surface area contributed by atoms with Crippen LogP contribution in [0, 0.1) is 11.8 Å². The van der Waals surface area contributed by atoms with Crippen LogP contribution in [-0.2, 0) is 0 Å². The number of hydrogen-bond donors (Lipinski definition) is 2. The maximum absolute atomic E-state index is 11.4. The Hall–Kier alpha value is -0.770. The molecule has 2 atom stereocenters. The largest absolute Gasteiger partial charge is 0.336 e. The van der Waals surface area contributed by atoms with Gasteiger partial charge in [0.2, 0.25) is 0 Å². The summed E-state index contributed by atoms with van der Waals surface area (Å²) in [6.45, 7) is 8.10. The van der Waals surface area contributed by atoms with Gasteiger partial charge >= 0.3 is 6.03 Å². The van der Waals surface area contributed by atoms with Crippen molar-refractivity contribution in [1.29, 1.82) is 0 Å². The summed E-state index contributed by atoms with van der Waals surface area (Å²) in [5.74, 6) is 1.57. The second-order valence-corrected chi connectivity index (χ2v) is 5.97. The second-order valence-electron chi connectivity index (χ2n) is 5.97. The van der Waals surface area contributed by atoms with Gasteiger partial charge in [-0.15, -0.1) is 0 Å². The number of urea groups is 1. The van der Waals surface area contributed by atoms with Gasteiger partial charge in [0, 0.05) is 32.2 Å². The van der Waals surface area contributed by atoms with Crippen LogP contribution in [0.4, 0.5) is 4.79 Å². The van der Waals surface area contributed by atoms with E-state index in [1.54, 1.807) is 0 Å². The van der Waals surface area contributed by atoms with E-state index in [0.717, 1.165) is 38.0 Å². The average Bonchev–Trinajstić information content (AvgIpc) is 2.76. The highest BCUT2D eigenvalue weighted by Gasteiger charge is 2.27. The molecule has 1 saturated heterocycles. The summed E-state index contributed by atoms with van der Waals surface area (Å²) in [5.41, 5.74) is 0. The summed E-state index contributed by atoms with van der Waals surface area (Å²) >= 11 is 0. The maximum Gasteiger partial charge on any atom is 0.317 e. The smallest absolute Gasteiger partial charge is 0.317 e. The molecule has 0 radical (unpaired) electrons. The Morgan fingerprint density at radius 3 is 2.83 bits per heavy atom. The van der Waals surface area contributed by atoms with Crippen LogP contribution in [0.25, 0.3) is 0 Å². The van der Waals surface area contributed by atoms with Gasteiger partial charge in [-0.25, -0.2) is 4.79 Å². The lowest BCUT2D eigenvalue weighted by molar-refractivity contribution is 0.195. The van der Waals surface area contributed by atoms with Crippen LogP contribution < -0.4 is 10.6 Å². The summed E-state index contributed by atoms with van der Waals surface area (Å²) < 4.78 is 0. The van der Waals surface area contributed by atoms with E-state index in [4.69, 9.17) is 0 Å².